The second kappa shape index (κ2) is 4.59. The van der Waals surface area contributed by atoms with Gasteiger partial charge < -0.3 is 9.84 Å². The first-order valence-corrected chi connectivity index (χ1v) is 5.22. The van der Waals surface area contributed by atoms with Gasteiger partial charge in [0.25, 0.3) is 0 Å². The van der Waals surface area contributed by atoms with Gasteiger partial charge in [0.2, 0.25) is 0 Å². The van der Waals surface area contributed by atoms with Crippen molar-refractivity contribution in [3.05, 3.63) is 24.0 Å². The highest BCUT2D eigenvalue weighted by Crippen LogP contribution is 2.11. The van der Waals surface area contributed by atoms with Gasteiger partial charge in [-0.25, -0.2) is 0 Å². The van der Waals surface area contributed by atoms with Crippen LogP contribution < -0.4 is 0 Å². The summed E-state index contributed by atoms with van der Waals surface area (Å²) >= 11 is 0. The molecule has 0 bridgehead atoms. The normalized spacial score (nSPS) is 22.9. The van der Waals surface area contributed by atoms with Crippen LogP contribution in [0, 0.1) is 0 Å². The molecular weight excluding hydrogens is 192 g/mol. The van der Waals surface area contributed by atoms with E-state index in [1.54, 1.807) is 6.07 Å². The number of aromatic nitrogens is 1. The Bertz CT molecular complexity index is 313. The summed E-state index contributed by atoms with van der Waals surface area (Å²) in [5.74, 6) is 0.217. The smallest absolute Gasteiger partial charge is 0.133 e. The van der Waals surface area contributed by atoms with E-state index < -0.39 is 0 Å². The number of ether oxygens (including phenoxy) is 1. The van der Waals surface area contributed by atoms with Crippen molar-refractivity contribution in [2.24, 2.45) is 0 Å². The summed E-state index contributed by atoms with van der Waals surface area (Å²) in [6, 6.07) is 3.53. The molecule has 1 atom stereocenters. The van der Waals surface area contributed by atoms with E-state index in [0.717, 1.165) is 31.9 Å². The molecule has 4 nitrogen and oxygen atoms in total. The van der Waals surface area contributed by atoms with Gasteiger partial charge in [0, 0.05) is 19.6 Å². The summed E-state index contributed by atoms with van der Waals surface area (Å²) in [6.45, 7) is 5.60. The fourth-order valence-electron chi connectivity index (χ4n) is 1.77. The zero-order valence-electron chi connectivity index (χ0n) is 8.89. The second-order valence-corrected chi connectivity index (χ2v) is 3.92. The Hall–Kier alpha value is -1.13. The number of hydrogen-bond acceptors (Lipinski definition) is 4. The number of rotatable bonds is 2. The van der Waals surface area contributed by atoms with E-state index in [1.165, 1.54) is 6.20 Å². The third kappa shape index (κ3) is 2.91. The minimum atomic E-state index is 0.217. The monoisotopic (exact) mass is 208 g/mol. The van der Waals surface area contributed by atoms with Crippen LogP contribution in [0.2, 0.25) is 0 Å². The van der Waals surface area contributed by atoms with Crippen molar-refractivity contribution in [3.8, 4) is 5.75 Å². The van der Waals surface area contributed by atoms with E-state index in [4.69, 9.17) is 9.84 Å². The summed E-state index contributed by atoms with van der Waals surface area (Å²) in [5, 5.41) is 9.11. The molecule has 0 saturated carbocycles. The molecule has 0 aliphatic carbocycles. The zero-order chi connectivity index (χ0) is 10.7. The fraction of sp³-hybridized carbons (Fsp3) is 0.545. The van der Waals surface area contributed by atoms with Crippen molar-refractivity contribution in [2.45, 2.75) is 19.6 Å². The van der Waals surface area contributed by atoms with Crippen molar-refractivity contribution < 1.29 is 9.84 Å². The highest BCUT2D eigenvalue weighted by Gasteiger charge is 2.16. The standard InChI is InChI=1S/C11H16N2O2/c1-9-7-13(4-5-15-9)8-10-2-3-11(14)6-12-10/h2-3,6,9,14H,4-5,7-8H2,1H3. The van der Waals surface area contributed by atoms with Gasteiger partial charge in [-0.1, -0.05) is 0 Å². The molecule has 82 valence electrons. The van der Waals surface area contributed by atoms with E-state index in [-0.39, 0.29) is 5.75 Å². The summed E-state index contributed by atoms with van der Waals surface area (Å²) in [6.07, 6.45) is 1.79. The molecule has 1 fully saturated rings. The van der Waals surface area contributed by atoms with E-state index in [9.17, 15) is 0 Å². The number of pyridine rings is 1. The highest BCUT2D eigenvalue weighted by molar-refractivity contribution is 5.17. The Morgan fingerprint density at radius 2 is 2.47 bits per heavy atom. The largest absolute Gasteiger partial charge is 0.506 e. The summed E-state index contributed by atoms with van der Waals surface area (Å²) < 4.78 is 5.46. The van der Waals surface area contributed by atoms with Gasteiger partial charge in [-0.05, 0) is 19.1 Å². The lowest BCUT2D eigenvalue weighted by molar-refractivity contribution is -0.0215. The first kappa shape index (κ1) is 10.4. The number of morpholine rings is 1. The molecule has 0 amide bonds. The summed E-state index contributed by atoms with van der Waals surface area (Å²) in [5.41, 5.74) is 0.988. The van der Waals surface area contributed by atoms with Crippen molar-refractivity contribution in [1.82, 2.24) is 9.88 Å². The van der Waals surface area contributed by atoms with E-state index in [0.29, 0.717) is 6.10 Å². The van der Waals surface area contributed by atoms with Crippen LogP contribution in [0.5, 0.6) is 5.75 Å². The van der Waals surface area contributed by atoms with Crippen LogP contribution in [0.4, 0.5) is 0 Å². The Labute approximate surface area is 89.5 Å². The van der Waals surface area contributed by atoms with Crippen LogP contribution in [0.25, 0.3) is 0 Å². The highest BCUT2D eigenvalue weighted by atomic mass is 16.5. The van der Waals surface area contributed by atoms with Crippen LogP contribution in [0.3, 0.4) is 0 Å². The minimum absolute atomic E-state index is 0.217. The zero-order valence-corrected chi connectivity index (χ0v) is 8.89. The molecule has 1 aromatic heterocycles. The maximum atomic E-state index is 9.11. The maximum absolute atomic E-state index is 9.11. The van der Waals surface area contributed by atoms with Crippen LogP contribution in [0.1, 0.15) is 12.6 Å². The van der Waals surface area contributed by atoms with Gasteiger partial charge in [0.15, 0.2) is 0 Å². The van der Waals surface area contributed by atoms with Gasteiger partial charge in [-0.15, -0.1) is 0 Å². The third-order valence-corrected chi connectivity index (χ3v) is 2.52. The molecule has 1 aliphatic rings. The molecule has 4 heteroatoms. The Balaban J connectivity index is 1.93. The predicted molar refractivity (Wildman–Crippen MR) is 56.6 cm³/mol. The van der Waals surface area contributed by atoms with Crippen molar-refractivity contribution in [2.75, 3.05) is 19.7 Å². The van der Waals surface area contributed by atoms with Crippen LogP contribution in [-0.2, 0) is 11.3 Å². The van der Waals surface area contributed by atoms with Gasteiger partial charge in [-0.3, -0.25) is 9.88 Å². The SMILES string of the molecule is CC1CN(Cc2ccc(O)cn2)CCO1. The van der Waals surface area contributed by atoms with E-state index in [1.807, 2.05) is 6.07 Å². The van der Waals surface area contributed by atoms with Crippen molar-refractivity contribution in [3.63, 3.8) is 0 Å². The second-order valence-electron chi connectivity index (χ2n) is 3.92. The van der Waals surface area contributed by atoms with Gasteiger partial charge in [0.1, 0.15) is 5.75 Å². The number of nitrogens with zero attached hydrogens (tertiary/aromatic N) is 2. The topological polar surface area (TPSA) is 45.6 Å². The van der Waals surface area contributed by atoms with Crippen LogP contribution in [0.15, 0.2) is 18.3 Å². The third-order valence-electron chi connectivity index (χ3n) is 2.52. The molecule has 0 radical (unpaired) electrons. The number of aromatic hydroxyl groups is 1. The van der Waals surface area contributed by atoms with Gasteiger partial charge in [0.05, 0.1) is 24.6 Å². The lowest BCUT2D eigenvalue weighted by Crippen LogP contribution is -2.40. The molecule has 1 saturated heterocycles. The fourth-order valence-corrected chi connectivity index (χ4v) is 1.77. The molecule has 1 unspecified atom stereocenters. The Morgan fingerprint density at radius 3 is 3.13 bits per heavy atom. The lowest BCUT2D eigenvalue weighted by Gasteiger charge is -2.30. The van der Waals surface area contributed by atoms with Crippen LogP contribution in [-0.4, -0.2) is 40.8 Å². The molecule has 2 rings (SSSR count). The Morgan fingerprint density at radius 1 is 1.60 bits per heavy atom. The molecule has 1 N–H and O–H groups in total. The van der Waals surface area contributed by atoms with E-state index in [2.05, 4.69) is 16.8 Å². The quantitative estimate of drug-likeness (QED) is 0.787. The summed E-state index contributed by atoms with van der Waals surface area (Å²) in [4.78, 5) is 6.48. The van der Waals surface area contributed by atoms with Crippen LogP contribution >= 0.6 is 0 Å². The molecule has 0 aromatic carbocycles. The summed E-state index contributed by atoms with van der Waals surface area (Å²) in [7, 11) is 0. The molecular formula is C11H16N2O2. The molecule has 1 aromatic rings. The average Bonchev–Trinajstić information content (AvgIpc) is 2.22. The lowest BCUT2D eigenvalue weighted by atomic mass is 10.2. The first-order chi connectivity index (χ1) is 7.24. The van der Waals surface area contributed by atoms with Crippen molar-refractivity contribution >= 4 is 0 Å². The predicted octanol–water partition coefficient (Wildman–Crippen LogP) is 1.01. The molecule has 0 spiro atoms. The molecule has 2 heterocycles. The minimum Gasteiger partial charge on any atom is -0.506 e. The van der Waals surface area contributed by atoms with Gasteiger partial charge >= 0.3 is 0 Å². The van der Waals surface area contributed by atoms with E-state index >= 15 is 0 Å². The number of hydrogen-bond donors (Lipinski definition) is 1. The molecule has 1 aliphatic heterocycles. The first-order valence-electron chi connectivity index (χ1n) is 5.22. The maximum Gasteiger partial charge on any atom is 0.133 e. The van der Waals surface area contributed by atoms with Gasteiger partial charge in [-0.2, -0.15) is 0 Å². The average molecular weight is 208 g/mol. The molecule has 15 heavy (non-hydrogen) atoms. The Kier molecular flexibility index (Phi) is 3.18. The van der Waals surface area contributed by atoms with Crippen molar-refractivity contribution in [1.29, 1.82) is 0 Å².